The third-order valence-corrected chi connectivity index (χ3v) is 3.92. The second kappa shape index (κ2) is 4.80. The van der Waals surface area contributed by atoms with Gasteiger partial charge in [0.15, 0.2) is 0 Å². The number of carbonyl (C=O) groups is 2. The van der Waals surface area contributed by atoms with Crippen LogP contribution in [-0.2, 0) is 17.8 Å². The third kappa shape index (κ3) is 2.03. The Morgan fingerprint density at radius 1 is 1.43 bits per heavy atom. The van der Waals surface area contributed by atoms with Gasteiger partial charge in [-0.3, -0.25) is 9.59 Å². The Bertz CT molecular complexity index is 748. The zero-order valence-corrected chi connectivity index (χ0v) is 11.9. The summed E-state index contributed by atoms with van der Waals surface area (Å²) in [5.41, 5.74) is 2.15. The van der Waals surface area contributed by atoms with Crippen LogP contribution < -0.4 is 4.74 Å². The first-order valence-electron chi connectivity index (χ1n) is 6.69. The largest absolute Gasteiger partial charge is 0.497 e. The van der Waals surface area contributed by atoms with E-state index < -0.39 is 5.97 Å². The molecular formula is C15H16N2O4. The lowest BCUT2D eigenvalue weighted by molar-refractivity contribution is -0.137. The van der Waals surface area contributed by atoms with Gasteiger partial charge in [-0.15, -0.1) is 0 Å². The fraction of sp³-hybridized carbons (Fsp3) is 0.333. The van der Waals surface area contributed by atoms with Crippen LogP contribution in [0.5, 0.6) is 5.75 Å². The molecule has 6 heteroatoms. The summed E-state index contributed by atoms with van der Waals surface area (Å²) in [7, 11) is 3.31. The monoisotopic (exact) mass is 288 g/mol. The fourth-order valence-corrected chi connectivity index (χ4v) is 2.89. The maximum absolute atomic E-state index is 12.4. The Labute approximate surface area is 121 Å². The highest BCUT2D eigenvalue weighted by atomic mass is 16.5. The van der Waals surface area contributed by atoms with E-state index in [1.165, 1.54) is 0 Å². The summed E-state index contributed by atoms with van der Waals surface area (Å²) in [4.78, 5) is 25.2. The minimum atomic E-state index is -0.966. The van der Waals surface area contributed by atoms with E-state index in [4.69, 9.17) is 9.84 Å². The first-order valence-corrected chi connectivity index (χ1v) is 6.69. The van der Waals surface area contributed by atoms with Crippen molar-refractivity contribution in [3.05, 3.63) is 29.5 Å². The van der Waals surface area contributed by atoms with Gasteiger partial charge in [0, 0.05) is 24.5 Å². The average molecular weight is 288 g/mol. The number of aromatic nitrogens is 1. The normalized spacial score (nSPS) is 14.4. The number of benzene rings is 1. The highest BCUT2D eigenvalue weighted by molar-refractivity contribution is 6.03. The van der Waals surface area contributed by atoms with E-state index >= 15 is 0 Å². The maximum Gasteiger partial charge on any atom is 0.323 e. The molecule has 0 radical (unpaired) electrons. The van der Waals surface area contributed by atoms with Gasteiger partial charge >= 0.3 is 5.97 Å². The molecule has 3 rings (SSSR count). The molecule has 110 valence electrons. The molecular weight excluding hydrogens is 272 g/mol. The molecule has 0 spiro atoms. The molecule has 0 saturated heterocycles. The molecule has 0 unspecified atom stereocenters. The number of methoxy groups -OCH3 is 1. The molecule has 0 atom stereocenters. The smallest absolute Gasteiger partial charge is 0.323 e. The molecule has 2 aromatic rings. The Morgan fingerprint density at radius 2 is 2.19 bits per heavy atom. The van der Waals surface area contributed by atoms with Crippen molar-refractivity contribution in [3.63, 3.8) is 0 Å². The molecule has 1 aromatic carbocycles. The van der Waals surface area contributed by atoms with E-state index in [1.54, 1.807) is 29.7 Å². The number of rotatable bonds is 3. The molecule has 1 aliphatic heterocycles. The molecule has 0 aliphatic carbocycles. The van der Waals surface area contributed by atoms with E-state index in [2.05, 4.69) is 0 Å². The maximum atomic E-state index is 12.4. The zero-order chi connectivity index (χ0) is 15.1. The summed E-state index contributed by atoms with van der Waals surface area (Å²) in [5.74, 6) is -0.400. The highest BCUT2D eigenvalue weighted by Crippen LogP contribution is 2.32. The van der Waals surface area contributed by atoms with Gasteiger partial charge in [0.2, 0.25) is 0 Å². The lowest BCUT2D eigenvalue weighted by Gasteiger charge is -2.24. The number of likely N-dealkylation sites (N-methyl/N-ethyl adjacent to an activating group) is 1. The van der Waals surface area contributed by atoms with Gasteiger partial charge in [-0.1, -0.05) is 0 Å². The number of amides is 1. The number of hydrogen-bond acceptors (Lipinski definition) is 3. The molecule has 0 saturated carbocycles. The summed E-state index contributed by atoms with van der Waals surface area (Å²) in [6.07, 6.45) is 0.716. The SMILES string of the molecule is COc1ccc2c(c1)c1c(n2CC(=O)O)C(=O)N(C)CC1. The summed E-state index contributed by atoms with van der Waals surface area (Å²) < 4.78 is 6.82. The summed E-state index contributed by atoms with van der Waals surface area (Å²) in [6.45, 7) is 0.410. The van der Waals surface area contributed by atoms with Gasteiger partial charge in [0.05, 0.1) is 7.11 Å². The van der Waals surface area contributed by atoms with Gasteiger partial charge in [0.1, 0.15) is 18.0 Å². The van der Waals surface area contributed by atoms with E-state index in [0.29, 0.717) is 24.4 Å². The van der Waals surface area contributed by atoms with Crippen molar-refractivity contribution in [3.8, 4) is 5.75 Å². The number of hydrogen-bond donors (Lipinski definition) is 1. The Balaban J connectivity index is 2.31. The predicted octanol–water partition coefficient (Wildman–Crippen LogP) is 1.36. The van der Waals surface area contributed by atoms with E-state index in [-0.39, 0.29) is 12.5 Å². The Morgan fingerprint density at radius 3 is 2.86 bits per heavy atom. The van der Waals surface area contributed by atoms with Crippen LogP contribution >= 0.6 is 0 Å². The third-order valence-electron chi connectivity index (χ3n) is 3.92. The van der Waals surface area contributed by atoms with Crippen molar-refractivity contribution in [2.75, 3.05) is 20.7 Å². The van der Waals surface area contributed by atoms with Gasteiger partial charge in [-0.25, -0.2) is 0 Å². The van der Waals surface area contributed by atoms with Crippen LogP contribution in [0, 0.1) is 0 Å². The number of fused-ring (bicyclic) bond motifs is 3. The second-order valence-corrected chi connectivity index (χ2v) is 5.17. The number of nitrogens with zero attached hydrogens (tertiary/aromatic N) is 2. The molecule has 1 amide bonds. The standard InChI is InChI=1S/C15H16N2O4/c1-16-6-5-10-11-7-9(21-2)3-4-12(11)17(8-13(18)19)14(10)15(16)20/h3-4,7H,5-6,8H2,1-2H3,(H,18,19). The van der Waals surface area contributed by atoms with Crippen molar-refractivity contribution in [2.24, 2.45) is 0 Å². The van der Waals surface area contributed by atoms with Crippen LogP contribution in [0.2, 0.25) is 0 Å². The van der Waals surface area contributed by atoms with Crippen molar-refractivity contribution in [1.82, 2.24) is 9.47 Å². The predicted molar refractivity (Wildman–Crippen MR) is 76.8 cm³/mol. The minimum Gasteiger partial charge on any atom is -0.497 e. The number of ether oxygens (including phenoxy) is 1. The van der Waals surface area contributed by atoms with Crippen LogP contribution in [0.4, 0.5) is 0 Å². The lowest BCUT2D eigenvalue weighted by Crippen LogP contribution is -2.35. The van der Waals surface area contributed by atoms with Crippen molar-refractivity contribution >= 4 is 22.8 Å². The van der Waals surface area contributed by atoms with E-state index in [0.717, 1.165) is 16.5 Å². The molecule has 1 N–H and O–H groups in total. The highest BCUT2D eigenvalue weighted by Gasteiger charge is 2.29. The fourth-order valence-electron chi connectivity index (χ4n) is 2.89. The number of carboxylic acids is 1. The van der Waals surface area contributed by atoms with Gasteiger partial charge in [0.25, 0.3) is 5.91 Å². The van der Waals surface area contributed by atoms with Crippen LogP contribution in [0.15, 0.2) is 18.2 Å². The quantitative estimate of drug-likeness (QED) is 0.925. The van der Waals surface area contributed by atoms with Gasteiger partial charge in [-0.2, -0.15) is 0 Å². The topological polar surface area (TPSA) is 71.8 Å². The van der Waals surface area contributed by atoms with Gasteiger partial charge in [-0.05, 0) is 30.2 Å². The van der Waals surface area contributed by atoms with Crippen molar-refractivity contribution in [2.45, 2.75) is 13.0 Å². The molecule has 1 aliphatic rings. The molecule has 0 bridgehead atoms. The van der Waals surface area contributed by atoms with Crippen molar-refractivity contribution in [1.29, 1.82) is 0 Å². The van der Waals surface area contributed by atoms with Crippen LogP contribution in [0.1, 0.15) is 16.1 Å². The van der Waals surface area contributed by atoms with E-state index in [1.807, 2.05) is 12.1 Å². The van der Waals surface area contributed by atoms with Gasteiger partial charge < -0.3 is 19.3 Å². The summed E-state index contributed by atoms with van der Waals surface area (Å²) in [6, 6.07) is 5.45. The first-order chi connectivity index (χ1) is 10.0. The average Bonchev–Trinajstić information content (AvgIpc) is 2.76. The number of carboxylic acid groups (broad SMARTS) is 1. The van der Waals surface area contributed by atoms with E-state index in [9.17, 15) is 9.59 Å². The lowest BCUT2D eigenvalue weighted by atomic mass is 10.0. The number of carbonyl (C=O) groups excluding carboxylic acids is 1. The Hall–Kier alpha value is -2.50. The van der Waals surface area contributed by atoms with Crippen LogP contribution in [0.3, 0.4) is 0 Å². The minimum absolute atomic E-state index is 0.132. The summed E-state index contributed by atoms with van der Waals surface area (Å²) >= 11 is 0. The van der Waals surface area contributed by atoms with Crippen LogP contribution in [0.25, 0.3) is 10.9 Å². The van der Waals surface area contributed by atoms with Crippen molar-refractivity contribution < 1.29 is 19.4 Å². The molecule has 21 heavy (non-hydrogen) atoms. The molecule has 2 heterocycles. The second-order valence-electron chi connectivity index (χ2n) is 5.17. The summed E-state index contributed by atoms with van der Waals surface area (Å²) in [5, 5.41) is 10.0. The number of aliphatic carboxylic acids is 1. The zero-order valence-electron chi connectivity index (χ0n) is 11.9. The first kappa shape index (κ1) is 13.5. The Kier molecular flexibility index (Phi) is 3.08. The molecule has 1 aromatic heterocycles. The van der Waals surface area contributed by atoms with Crippen LogP contribution in [-0.4, -0.2) is 47.2 Å². The molecule has 0 fully saturated rings. The molecule has 6 nitrogen and oxygen atoms in total.